The smallest absolute Gasteiger partial charge is 0.224 e. The Morgan fingerprint density at radius 3 is 2.41 bits per heavy atom. The molecule has 1 aromatic carbocycles. The lowest BCUT2D eigenvalue weighted by Crippen LogP contribution is -2.30. The van der Waals surface area contributed by atoms with E-state index >= 15 is 0 Å². The molecule has 3 aliphatic rings. The number of hydrogen-bond acceptors (Lipinski definition) is 4. The molecule has 1 saturated heterocycles. The Kier molecular flexibility index (Phi) is 8.15. The van der Waals surface area contributed by atoms with Crippen molar-refractivity contribution in [2.45, 2.75) is 89.6 Å². The van der Waals surface area contributed by atoms with E-state index in [1.807, 2.05) is 0 Å². The lowest BCUT2D eigenvalue weighted by atomic mass is 9.90. The van der Waals surface area contributed by atoms with Gasteiger partial charge in [-0.1, -0.05) is 56.4 Å². The third-order valence-electron chi connectivity index (χ3n) is 8.93. The Balaban J connectivity index is 0.00000140. The molecule has 6 rings (SSSR count). The highest BCUT2D eigenvalue weighted by molar-refractivity contribution is 5.94. The van der Waals surface area contributed by atoms with Crippen molar-refractivity contribution in [3.8, 4) is 11.1 Å². The first kappa shape index (κ1) is 26.2. The molecule has 6 nitrogen and oxygen atoms in total. The van der Waals surface area contributed by atoms with Gasteiger partial charge < -0.3 is 20.3 Å². The second-order valence-electron chi connectivity index (χ2n) is 12.0. The van der Waals surface area contributed by atoms with E-state index in [2.05, 4.69) is 65.4 Å². The number of nitrogens with one attached hydrogen (secondary N) is 1. The number of aromatic nitrogens is 3. The van der Waals surface area contributed by atoms with Crippen LogP contribution < -0.4 is 5.32 Å². The minimum Gasteiger partial charge on any atom is -0.412 e. The van der Waals surface area contributed by atoms with Crippen LogP contribution in [0.5, 0.6) is 0 Å². The molecule has 0 bridgehead atoms. The Labute approximate surface area is 225 Å². The summed E-state index contributed by atoms with van der Waals surface area (Å²) in [7, 11) is 2.24. The molecule has 6 heteroatoms. The molecule has 2 aromatic heterocycles. The van der Waals surface area contributed by atoms with E-state index in [-0.39, 0.29) is 8.33 Å². The quantitative estimate of drug-likeness (QED) is 0.365. The highest BCUT2D eigenvalue weighted by atomic mass is 16.0. The molecule has 3 aromatic rings. The van der Waals surface area contributed by atoms with Crippen LogP contribution in [-0.2, 0) is 6.42 Å². The molecule has 0 radical (unpaired) electrons. The highest BCUT2D eigenvalue weighted by Gasteiger charge is 2.25. The van der Waals surface area contributed by atoms with Crippen molar-refractivity contribution >= 4 is 17.0 Å². The topological polar surface area (TPSA) is 77.5 Å². The average Bonchev–Trinajstić information content (AvgIpc) is 3.63. The zero-order valence-electron chi connectivity index (χ0n) is 22.8. The molecular weight excluding hydrogens is 458 g/mol. The normalized spacial score (nSPS) is 20.6. The molecular formula is C31H49N5O. The summed E-state index contributed by atoms with van der Waals surface area (Å²) in [5, 5.41) is 4.78. The van der Waals surface area contributed by atoms with E-state index < -0.39 is 0 Å². The zero-order chi connectivity index (χ0) is 24.5. The lowest BCUT2D eigenvalue weighted by Gasteiger charge is -2.28. The summed E-state index contributed by atoms with van der Waals surface area (Å²) in [6.07, 6.45) is 18.8. The minimum atomic E-state index is 0. The molecule has 0 amide bonds. The number of nitrogens with zero attached hydrogens (tertiary/aromatic N) is 4. The fourth-order valence-corrected chi connectivity index (χ4v) is 6.52. The van der Waals surface area contributed by atoms with E-state index in [1.165, 1.54) is 106 Å². The second-order valence-corrected chi connectivity index (χ2v) is 12.0. The Morgan fingerprint density at radius 1 is 0.973 bits per heavy atom. The third kappa shape index (κ3) is 6.18. The monoisotopic (exact) mass is 507 g/mol. The van der Waals surface area contributed by atoms with Crippen LogP contribution >= 0.6 is 0 Å². The number of hydrogen-bond donors (Lipinski definition) is 1. The number of likely N-dealkylation sites (tertiary alicyclic amines) is 1. The van der Waals surface area contributed by atoms with Gasteiger partial charge in [-0.2, -0.15) is 4.98 Å². The van der Waals surface area contributed by atoms with Gasteiger partial charge in [0.05, 0.1) is 0 Å². The molecule has 3 N–H and O–H groups in total. The van der Waals surface area contributed by atoms with E-state index in [1.54, 1.807) is 0 Å². The van der Waals surface area contributed by atoms with Crippen LogP contribution in [0.3, 0.4) is 0 Å². The maximum absolute atomic E-state index is 5.10. The first-order valence-electron chi connectivity index (χ1n) is 14.5. The van der Waals surface area contributed by atoms with Gasteiger partial charge in [-0.05, 0) is 88.5 Å². The maximum Gasteiger partial charge on any atom is 0.224 e. The molecule has 1 unspecified atom stereocenters. The van der Waals surface area contributed by atoms with Gasteiger partial charge >= 0.3 is 0 Å². The fourth-order valence-electron chi connectivity index (χ4n) is 6.52. The van der Waals surface area contributed by atoms with Crippen molar-refractivity contribution in [1.82, 2.24) is 19.4 Å². The molecule has 0 spiro atoms. The van der Waals surface area contributed by atoms with Gasteiger partial charge in [0.15, 0.2) is 0 Å². The molecule has 2 saturated carbocycles. The van der Waals surface area contributed by atoms with Crippen molar-refractivity contribution in [2.75, 3.05) is 25.5 Å². The molecule has 2 aliphatic carbocycles. The number of piperidine rings is 1. The predicted octanol–water partition coefficient (Wildman–Crippen LogP) is 6.76. The number of fused-ring (bicyclic) bond motifs is 1. The number of anilines is 1. The maximum atomic E-state index is 5.10. The van der Waals surface area contributed by atoms with Crippen molar-refractivity contribution in [3.63, 3.8) is 0 Å². The van der Waals surface area contributed by atoms with Crippen molar-refractivity contribution in [2.24, 2.45) is 11.8 Å². The van der Waals surface area contributed by atoms with Crippen molar-refractivity contribution in [3.05, 3.63) is 42.2 Å². The summed E-state index contributed by atoms with van der Waals surface area (Å²) in [4.78, 5) is 12.3. The lowest BCUT2D eigenvalue weighted by molar-refractivity contribution is 0.219. The van der Waals surface area contributed by atoms with E-state index in [0.717, 1.165) is 23.4 Å². The van der Waals surface area contributed by atoms with E-state index in [9.17, 15) is 0 Å². The first-order chi connectivity index (χ1) is 17.6. The first-order valence-corrected chi connectivity index (χ1v) is 14.5. The van der Waals surface area contributed by atoms with Gasteiger partial charge in [0.25, 0.3) is 0 Å². The van der Waals surface area contributed by atoms with Crippen LogP contribution in [0.1, 0.15) is 85.6 Å². The van der Waals surface area contributed by atoms with Crippen LogP contribution in [0.4, 0.5) is 5.95 Å². The predicted molar refractivity (Wildman–Crippen MR) is 157 cm³/mol. The highest BCUT2D eigenvalue weighted by Crippen LogP contribution is 2.37. The molecule has 204 valence electrons. The van der Waals surface area contributed by atoms with Gasteiger partial charge in [0.2, 0.25) is 5.95 Å². The largest absolute Gasteiger partial charge is 0.412 e. The molecule has 1 atom stereocenters. The van der Waals surface area contributed by atoms with Gasteiger partial charge in [0.1, 0.15) is 5.65 Å². The zero-order valence-corrected chi connectivity index (χ0v) is 22.8. The molecule has 37 heavy (non-hydrogen) atoms. The van der Waals surface area contributed by atoms with Gasteiger partial charge in [-0.3, -0.25) is 0 Å². The fraction of sp³-hybridized carbons (Fsp3) is 0.613. The second kappa shape index (κ2) is 11.5. The summed E-state index contributed by atoms with van der Waals surface area (Å²) in [6, 6.07) is 10.3. The van der Waals surface area contributed by atoms with Crippen LogP contribution in [-0.4, -0.2) is 51.1 Å². The summed E-state index contributed by atoms with van der Waals surface area (Å²) in [6.45, 7) is 4.74. The summed E-state index contributed by atoms with van der Waals surface area (Å²) in [5.74, 6) is 2.50. The average molecular weight is 508 g/mol. The van der Waals surface area contributed by atoms with E-state index in [0.29, 0.717) is 12.1 Å². The molecule has 3 fully saturated rings. The number of benzene rings is 1. The van der Waals surface area contributed by atoms with Gasteiger partial charge in [-0.25, -0.2) is 4.98 Å². The number of rotatable bonds is 8. The summed E-state index contributed by atoms with van der Waals surface area (Å²) in [5.41, 5.74) is 5.13. The third-order valence-corrected chi connectivity index (χ3v) is 8.93. The Bertz CT molecular complexity index is 1170. The van der Waals surface area contributed by atoms with Crippen LogP contribution in [0.25, 0.3) is 22.2 Å². The van der Waals surface area contributed by atoms with Crippen LogP contribution in [0.2, 0.25) is 0 Å². The van der Waals surface area contributed by atoms with Crippen molar-refractivity contribution in [1.29, 1.82) is 0 Å². The summed E-state index contributed by atoms with van der Waals surface area (Å²) >= 11 is 0. The van der Waals surface area contributed by atoms with Gasteiger partial charge in [0, 0.05) is 38.3 Å². The molecule has 3 heterocycles. The summed E-state index contributed by atoms with van der Waals surface area (Å²) < 4.78 is 2.48. The van der Waals surface area contributed by atoms with Crippen LogP contribution in [0, 0.1) is 11.8 Å². The SMILES string of the molecule is CC(CC1CC1)Nc1ncc2c(-c3ccc(CC4CCN(C)CC4)cc3)cn(C3CCCCC3)c2n1.O.[HH].[HH]. The van der Waals surface area contributed by atoms with Crippen LogP contribution in [0.15, 0.2) is 36.7 Å². The molecule has 1 aliphatic heterocycles. The van der Waals surface area contributed by atoms with E-state index in [4.69, 9.17) is 9.97 Å². The Morgan fingerprint density at radius 2 is 1.70 bits per heavy atom. The standard InChI is InChI=1S/C31H43N5.H2O.2H2/c1-22(18-23-8-9-23)33-31-32-20-28-29(21-36(30(28)34-31)27-6-4-3-5-7-27)26-12-10-24(11-13-26)19-25-14-16-35(2)17-15-25;;;/h10-13,20-23,25,27H,3-9,14-19H2,1-2H3,(H,32,33,34);1H2;2*1H. The van der Waals surface area contributed by atoms with Gasteiger partial charge in [-0.15, -0.1) is 0 Å². The Hall–Kier alpha value is -2.44. The van der Waals surface area contributed by atoms with Crippen molar-refractivity contribution < 1.29 is 8.33 Å². The minimum absolute atomic E-state index is 0.